The largest absolute Gasteiger partial charge is 0.463 e. The van der Waals surface area contributed by atoms with Crippen molar-refractivity contribution in [3.8, 4) is 0 Å². The number of ether oxygens (including phenoxy) is 7. The van der Waals surface area contributed by atoms with E-state index in [1.54, 1.807) is 13.2 Å². The Labute approximate surface area is 327 Å². The molecule has 8 heteroatoms. The zero-order valence-electron chi connectivity index (χ0n) is 35.6. The summed E-state index contributed by atoms with van der Waals surface area (Å²) in [5, 5.41) is 0. The average Bonchev–Trinajstić information content (AvgIpc) is 4.01. The Morgan fingerprint density at radius 3 is 1.63 bits per heavy atom. The van der Waals surface area contributed by atoms with Gasteiger partial charge < -0.3 is 33.2 Å². The van der Waals surface area contributed by atoms with Gasteiger partial charge in [-0.3, -0.25) is 0 Å². The monoisotopic (exact) mass is 755 g/mol. The van der Waals surface area contributed by atoms with Crippen LogP contribution in [0.4, 0.5) is 0 Å². The maximum absolute atomic E-state index is 11.9. The summed E-state index contributed by atoms with van der Waals surface area (Å²) in [6.45, 7) is 19.1. The second kappa shape index (κ2) is 18.6. The van der Waals surface area contributed by atoms with Gasteiger partial charge in [0.15, 0.2) is 0 Å². The molecule has 0 aromatic carbocycles. The number of unbranched alkanes of at least 4 members (excludes halogenated alkanes) is 7. The van der Waals surface area contributed by atoms with E-state index in [-0.39, 0.29) is 52.6 Å². The Kier molecular flexibility index (Phi) is 14.9. The molecule has 6 fully saturated rings. The molecule has 2 saturated carbocycles. The molecule has 10 atom stereocenters. The molecule has 0 N–H and O–H groups in total. The van der Waals surface area contributed by atoms with Crippen molar-refractivity contribution in [1.82, 2.24) is 0 Å². The number of allylic oxidation sites excluding steroid dienone is 3. The van der Waals surface area contributed by atoms with Crippen LogP contribution in [-0.2, 0) is 38.0 Å². The Balaban J connectivity index is 0.000000210. The first kappa shape index (κ1) is 43.3. The third kappa shape index (κ3) is 10.2. The predicted molar refractivity (Wildman–Crippen MR) is 214 cm³/mol. The van der Waals surface area contributed by atoms with Crippen molar-refractivity contribution in [1.29, 1.82) is 0 Å². The second-order valence-electron chi connectivity index (χ2n) is 17.8. The summed E-state index contributed by atoms with van der Waals surface area (Å²) < 4.78 is 41.5. The van der Waals surface area contributed by atoms with Gasteiger partial charge in [-0.2, -0.15) is 0 Å². The number of hydrogen-bond donors (Lipinski definition) is 0. The average molecular weight is 755 g/mol. The van der Waals surface area contributed by atoms with Crippen LogP contribution in [0.1, 0.15) is 145 Å². The fourth-order valence-corrected chi connectivity index (χ4v) is 9.78. The SMILES string of the molecule is CCCCCCCCCC=C1CC[C@]2(CO2)[C@@H]([C@@]2(C)O[C@@H]2CC=C(C)C)[C@@H]1OC.CCOC(=O)C=C1CC[C@]2(CO2)[C@@H]([C@@]2(C)O[C@@H]2CC=C(C)C)[C@@H]1OC. The third-order valence-corrected chi connectivity index (χ3v) is 13.2. The second-order valence-corrected chi connectivity index (χ2v) is 17.8. The zero-order chi connectivity index (χ0) is 39.1. The normalized spacial score (nSPS) is 38.9. The molecule has 54 heavy (non-hydrogen) atoms. The number of epoxide rings is 4. The van der Waals surface area contributed by atoms with Crippen molar-refractivity contribution >= 4 is 5.97 Å². The fraction of sp³-hybridized carbons (Fsp3) is 0.804. The van der Waals surface area contributed by atoms with Gasteiger partial charge in [0.25, 0.3) is 0 Å². The van der Waals surface area contributed by atoms with Gasteiger partial charge in [-0.05, 0) is 111 Å². The van der Waals surface area contributed by atoms with Crippen LogP contribution in [0.25, 0.3) is 0 Å². The van der Waals surface area contributed by atoms with Crippen molar-refractivity contribution in [2.75, 3.05) is 34.0 Å². The van der Waals surface area contributed by atoms with Gasteiger partial charge in [0.05, 0.1) is 56.1 Å². The molecular weight excluding hydrogens is 680 g/mol. The van der Waals surface area contributed by atoms with Gasteiger partial charge in [-0.1, -0.05) is 74.8 Å². The maximum atomic E-state index is 11.9. The summed E-state index contributed by atoms with van der Waals surface area (Å²) >= 11 is 0. The smallest absolute Gasteiger partial charge is 0.330 e. The molecule has 2 aliphatic carbocycles. The molecule has 4 saturated heterocycles. The molecule has 2 spiro atoms. The minimum atomic E-state index is -0.297. The molecule has 0 radical (unpaired) electrons. The molecule has 4 heterocycles. The third-order valence-electron chi connectivity index (χ3n) is 13.2. The first-order valence-corrected chi connectivity index (χ1v) is 21.3. The van der Waals surface area contributed by atoms with Crippen LogP contribution in [0, 0.1) is 11.8 Å². The Hall–Kier alpha value is -1.81. The summed E-state index contributed by atoms with van der Waals surface area (Å²) in [6, 6.07) is 0. The van der Waals surface area contributed by atoms with Crippen molar-refractivity contribution < 1.29 is 38.0 Å². The Bertz CT molecular complexity index is 1380. The van der Waals surface area contributed by atoms with E-state index in [4.69, 9.17) is 33.2 Å². The van der Waals surface area contributed by atoms with E-state index in [1.165, 1.54) is 68.1 Å². The van der Waals surface area contributed by atoms with E-state index in [0.717, 1.165) is 57.3 Å². The van der Waals surface area contributed by atoms with Crippen molar-refractivity contribution in [3.05, 3.63) is 46.6 Å². The van der Waals surface area contributed by atoms with Gasteiger partial charge in [0.1, 0.15) is 22.4 Å². The van der Waals surface area contributed by atoms with E-state index in [0.29, 0.717) is 18.6 Å². The minimum Gasteiger partial charge on any atom is -0.463 e. The highest BCUT2D eigenvalue weighted by atomic mass is 16.6. The molecule has 0 unspecified atom stereocenters. The topological polar surface area (TPSA) is 94.9 Å². The van der Waals surface area contributed by atoms with Crippen molar-refractivity contribution in [3.63, 3.8) is 0 Å². The lowest BCUT2D eigenvalue weighted by atomic mass is 9.67. The van der Waals surface area contributed by atoms with Gasteiger partial charge in [0.2, 0.25) is 0 Å². The number of rotatable bonds is 18. The molecular formula is C46H74O8. The summed E-state index contributed by atoms with van der Waals surface area (Å²) in [7, 11) is 3.58. The summed E-state index contributed by atoms with van der Waals surface area (Å²) in [5.41, 5.74) is 4.56. The van der Waals surface area contributed by atoms with Gasteiger partial charge in [-0.25, -0.2) is 4.79 Å². The highest BCUT2D eigenvalue weighted by molar-refractivity contribution is 5.83. The van der Waals surface area contributed by atoms with Crippen molar-refractivity contribution in [2.24, 2.45) is 11.8 Å². The Morgan fingerprint density at radius 2 is 1.19 bits per heavy atom. The molecule has 6 rings (SSSR count). The van der Waals surface area contributed by atoms with E-state index in [2.05, 4.69) is 66.7 Å². The lowest BCUT2D eigenvalue weighted by Crippen LogP contribution is -2.50. The van der Waals surface area contributed by atoms with Crippen LogP contribution in [0.2, 0.25) is 0 Å². The summed E-state index contributed by atoms with van der Waals surface area (Å²) in [5.74, 6) is 0.105. The summed E-state index contributed by atoms with van der Waals surface area (Å²) in [6.07, 6.45) is 25.6. The number of hydrogen-bond acceptors (Lipinski definition) is 8. The summed E-state index contributed by atoms with van der Waals surface area (Å²) in [4.78, 5) is 11.9. The van der Waals surface area contributed by atoms with Crippen LogP contribution in [0.15, 0.2) is 46.6 Å². The van der Waals surface area contributed by atoms with Crippen LogP contribution in [0.3, 0.4) is 0 Å². The lowest BCUT2D eigenvalue weighted by molar-refractivity contribution is -0.137. The zero-order valence-corrected chi connectivity index (χ0v) is 35.6. The van der Waals surface area contributed by atoms with Crippen molar-refractivity contribution in [2.45, 2.75) is 192 Å². The molecule has 8 nitrogen and oxygen atoms in total. The maximum Gasteiger partial charge on any atom is 0.330 e. The van der Waals surface area contributed by atoms with E-state index in [1.807, 2.05) is 14.0 Å². The molecule has 0 aromatic rings. The highest BCUT2D eigenvalue weighted by Gasteiger charge is 2.72. The first-order chi connectivity index (χ1) is 25.8. The molecule has 306 valence electrons. The number of carbonyl (C=O) groups excluding carboxylic acids is 1. The van der Waals surface area contributed by atoms with Crippen LogP contribution in [-0.4, -0.2) is 86.8 Å². The number of methoxy groups -OCH3 is 2. The molecule has 0 amide bonds. The van der Waals surface area contributed by atoms with Gasteiger partial charge in [0, 0.05) is 20.3 Å². The molecule has 6 aliphatic rings. The highest BCUT2D eigenvalue weighted by Crippen LogP contribution is 2.61. The Morgan fingerprint density at radius 1 is 0.722 bits per heavy atom. The standard InChI is InChI=1S/C26H44O3.C20H30O5/c1-6-7-8-9-10-11-12-13-14-21-17-18-26(19-28-26)24(23(21)27-5)25(4)22(29-25)16-15-20(2)3;1-6-23-16(21)11-14-9-10-20(12-24-20)18(17(14)22-5)19(4)15(25-19)8-7-13(2)3/h14-15,22-24H,6-13,16-19H2,1-5H3;7,11,15,17-18H,6,8-10,12H2,1-5H3/t22-,23-,24-,25+,26+;15-,17-,18-,19+,20+/m11/s1. The molecule has 0 bridgehead atoms. The fourth-order valence-electron chi connectivity index (χ4n) is 9.78. The first-order valence-electron chi connectivity index (χ1n) is 21.3. The van der Waals surface area contributed by atoms with Gasteiger partial charge in [-0.15, -0.1) is 0 Å². The minimum absolute atomic E-state index is 0.00817. The van der Waals surface area contributed by atoms with Crippen LogP contribution < -0.4 is 0 Å². The molecule has 4 aliphatic heterocycles. The van der Waals surface area contributed by atoms with E-state index < -0.39 is 0 Å². The molecule has 0 aromatic heterocycles. The van der Waals surface area contributed by atoms with Crippen LogP contribution >= 0.6 is 0 Å². The quantitative estimate of drug-likeness (QED) is 0.0449. The van der Waals surface area contributed by atoms with Gasteiger partial charge >= 0.3 is 5.97 Å². The van der Waals surface area contributed by atoms with E-state index >= 15 is 0 Å². The number of esters is 1. The lowest BCUT2D eigenvalue weighted by Gasteiger charge is -2.40. The predicted octanol–water partition coefficient (Wildman–Crippen LogP) is 9.94. The number of carbonyl (C=O) groups is 1. The van der Waals surface area contributed by atoms with Crippen LogP contribution in [0.5, 0.6) is 0 Å². The van der Waals surface area contributed by atoms with E-state index in [9.17, 15) is 4.79 Å².